The summed E-state index contributed by atoms with van der Waals surface area (Å²) in [5.41, 5.74) is 0.722. The van der Waals surface area contributed by atoms with Crippen LogP contribution in [-0.2, 0) is 11.3 Å². The number of hydrogen-bond acceptors (Lipinski definition) is 4. The summed E-state index contributed by atoms with van der Waals surface area (Å²) in [6, 6.07) is 5.65. The molecule has 0 spiro atoms. The van der Waals surface area contributed by atoms with Crippen molar-refractivity contribution in [1.29, 1.82) is 0 Å². The average Bonchev–Trinajstić information content (AvgIpc) is 3.04. The molecule has 2 fully saturated rings. The van der Waals surface area contributed by atoms with E-state index in [1.54, 1.807) is 14.2 Å². The van der Waals surface area contributed by atoms with Gasteiger partial charge in [0, 0.05) is 18.7 Å². The largest absolute Gasteiger partial charge is 0.497 e. The van der Waals surface area contributed by atoms with Crippen molar-refractivity contribution < 1.29 is 14.3 Å². The van der Waals surface area contributed by atoms with Gasteiger partial charge in [-0.15, -0.1) is 12.4 Å². The molecule has 2 aliphatic rings. The van der Waals surface area contributed by atoms with Gasteiger partial charge >= 0.3 is 0 Å². The van der Waals surface area contributed by atoms with Gasteiger partial charge in [-0.3, -0.25) is 4.79 Å². The maximum absolute atomic E-state index is 12.9. The number of benzene rings is 1. The number of amides is 1. The van der Waals surface area contributed by atoms with E-state index in [4.69, 9.17) is 9.47 Å². The minimum absolute atomic E-state index is 0. The van der Waals surface area contributed by atoms with Crippen LogP contribution in [0.5, 0.6) is 11.5 Å². The Morgan fingerprint density at radius 1 is 1.33 bits per heavy atom. The first-order valence-corrected chi connectivity index (χ1v) is 8.39. The topological polar surface area (TPSA) is 59.6 Å². The average molecular weight is 355 g/mol. The molecule has 6 heteroatoms. The lowest BCUT2D eigenvalue weighted by molar-refractivity contribution is -0.134. The van der Waals surface area contributed by atoms with Crippen LogP contribution in [-0.4, -0.2) is 33.2 Å². The van der Waals surface area contributed by atoms with E-state index in [0.29, 0.717) is 12.5 Å². The Kier molecular flexibility index (Phi) is 6.35. The summed E-state index contributed by atoms with van der Waals surface area (Å²) >= 11 is 0. The zero-order valence-corrected chi connectivity index (χ0v) is 15.2. The fourth-order valence-corrected chi connectivity index (χ4v) is 4.06. The molecule has 1 aromatic carbocycles. The molecule has 2 atom stereocenters. The molecule has 0 unspecified atom stereocenters. The lowest BCUT2D eigenvalue weighted by Crippen LogP contribution is -2.47. The Labute approximate surface area is 149 Å². The molecule has 0 bridgehead atoms. The predicted octanol–water partition coefficient (Wildman–Crippen LogP) is 2.52. The van der Waals surface area contributed by atoms with Crippen LogP contribution in [0.4, 0.5) is 0 Å². The minimum atomic E-state index is -0.218. The Bertz CT molecular complexity index is 581. The fraction of sp³-hybridized carbons (Fsp3) is 0.611. The molecule has 1 aliphatic carbocycles. The third-order valence-corrected chi connectivity index (χ3v) is 5.42. The number of hydrogen-bond donors (Lipinski definition) is 2. The number of methoxy groups -OCH3 is 2. The van der Waals surface area contributed by atoms with Crippen molar-refractivity contribution in [3.63, 3.8) is 0 Å². The van der Waals surface area contributed by atoms with E-state index in [1.807, 2.05) is 18.2 Å². The Morgan fingerprint density at radius 3 is 2.92 bits per heavy atom. The molecule has 24 heavy (non-hydrogen) atoms. The second-order valence-electron chi connectivity index (χ2n) is 6.59. The quantitative estimate of drug-likeness (QED) is 0.853. The van der Waals surface area contributed by atoms with Crippen molar-refractivity contribution in [2.24, 2.45) is 11.3 Å². The maximum atomic E-state index is 12.9. The number of fused-ring (bicyclic) bond motifs is 1. The van der Waals surface area contributed by atoms with Crippen molar-refractivity contribution in [2.45, 2.75) is 32.2 Å². The zero-order chi connectivity index (χ0) is 16.3. The second-order valence-corrected chi connectivity index (χ2v) is 6.59. The van der Waals surface area contributed by atoms with Crippen molar-refractivity contribution in [1.82, 2.24) is 10.6 Å². The molecular formula is C18H27ClN2O3. The molecule has 2 N–H and O–H groups in total. The van der Waals surface area contributed by atoms with Crippen LogP contribution in [0.25, 0.3) is 0 Å². The molecule has 5 nitrogen and oxygen atoms in total. The van der Waals surface area contributed by atoms with Gasteiger partial charge in [-0.05, 0) is 43.5 Å². The van der Waals surface area contributed by atoms with E-state index in [-0.39, 0.29) is 23.7 Å². The molecule has 0 radical (unpaired) electrons. The molecule has 1 saturated heterocycles. The van der Waals surface area contributed by atoms with Gasteiger partial charge in [0.1, 0.15) is 11.5 Å². The van der Waals surface area contributed by atoms with E-state index in [2.05, 4.69) is 10.6 Å². The summed E-state index contributed by atoms with van der Waals surface area (Å²) in [6.07, 6.45) is 4.54. The van der Waals surface area contributed by atoms with Gasteiger partial charge in [0.15, 0.2) is 0 Å². The first-order chi connectivity index (χ1) is 11.2. The summed E-state index contributed by atoms with van der Waals surface area (Å²) in [5.74, 6) is 2.19. The first-order valence-electron chi connectivity index (χ1n) is 8.39. The minimum Gasteiger partial charge on any atom is -0.497 e. The van der Waals surface area contributed by atoms with Crippen molar-refractivity contribution in [2.75, 3.05) is 27.3 Å². The zero-order valence-electron chi connectivity index (χ0n) is 14.4. The number of carbonyl (C=O) groups excluding carboxylic acids is 1. The van der Waals surface area contributed by atoms with Gasteiger partial charge < -0.3 is 20.1 Å². The van der Waals surface area contributed by atoms with Crippen molar-refractivity contribution >= 4 is 18.3 Å². The smallest absolute Gasteiger partial charge is 0.228 e. The molecule has 1 aromatic rings. The predicted molar refractivity (Wildman–Crippen MR) is 95.9 cm³/mol. The molecule has 3 rings (SSSR count). The van der Waals surface area contributed by atoms with E-state index in [1.165, 1.54) is 6.42 Å². The van der Waals surface area contributed by atoms with Crippen LogP contribution in [0.3, 0.4) is 0 Å². The van der Waals surface area contributed by atoms with Crippen LogP contribution in [0.2, 0.25) is 0 Å². The monoisotopic (exact) mass is 354 g/mol. The van der Waals surface area contributed by atoms with Crippen molar-refractivity contribution in [3.05, 3.63) is 23.8 Å². The molecule has 0 aromatic heterocycles. The summed E-state index contributed by atoms with van der Waals surface area (Å²) in [7, 11) is 3.28. The highest BCUT2D eigenvalue weighted by Gasteiger charge is 2.49. The van der Waals surface area contributed by atoms with E-state index < -0.39 is 0 Å². The van der Waals surface area contributed by atoms with Crippen molar-refractivity contribution in [3.8, 4) is 11.5 Å². The number of rotatable bonds is 5. The van der Waals surface area contributed by atoms with Crippen LogP contribution in [0.1, 0.15) is 31.2 Å². The summed E-state index contributed by atoms with van der Waals surface area (Å²) < 4.78 is 10.7. The van der Waals surface area contributed by atoms with Crippen LogP contribution >= 0.6 is 12.4 Å². The summed E-state index contributed by atoms with van der Waals surface area (Å²) in [6.45, 7) is 2.24. The summed E-state index contributed by atoms with van der Waals surface area (Å²) in [5, 5.41) is 6.56. The Balaban J connectivity index is 0.00000208. The van der Waals surface area contributed by atoms with E-state index >= 15 is 0 Å². The molecule has 1 saturated carbocycles. The Morgan fingerprint density at radius 2 is 2.17 bits per heavy atom. The number of nitrogens with one attached hydrogen (secondary N) is 2. The molecule has 1 heterocycles. The van der Waals surface area contributed by atoms with Gasteiger partial charge in [0.25, 0.3) is 0 Å². The number of carbonyl (C=O) groups is 1. The van der Waals surface area contributed by atoms with E-state index in [0.717, 1.165) is 49.4 Å². The number of ether oxygens (including phenoxy) is 2. The maximum Gasteiger partial charge on any atom is 0.228 e. The third-order valence-electron chi connectivity index (χ3n) is 5.42. The molecule has 1 aliphatic heterocycles. The summed E-state index contributed by atoms with van der Waals surface area (Å²) in [4.78, 5) is 12.9. The van der Waals surface area contributed by atoms with E-state index in [9.17, 15) is 4.79 Å². The normalized spacial score (nSPS) is 25.3. The standard InChI is InChI=1S/C18H26N2O3.ClH/c1-22-15-6-7-16(23-2)13(9-15)10-20-17(21)18-8-4-3-5-14(18)11-19-12-18;/h6-7,9,14,19H,3-5,8,10-12H2,1-2H3,(H,20,21);1H/t14-,18+;/m0./s1. The number of halogens is 1. The highest BCUT2D eigenvalue weighted by atomic mass is 35.5. The molecule has 1 amide bonds. The fourth-order valence-electron chi connectivity index (χ4n) is 4.06. The lowest BCUT2D eigenvalue weighted by atomic mass is 9.67. The molecular weight excluding hydrogens is 328 g/mol. The highest BCUT2D eigenvalue weighted by molar-refractivity contribution is 5.85. The lowest BCUT2D eigenvalue weighted by Gasteiger charge is -2.37. The van der Waals surface area contributed by atoms with Gasteiger partial charge in [-0.2, -0.15) is 0 Å². The van der Waals surface area contributed by atoms with Gasteiger partial charge in [-0.25, -0.2) is 0 Å². The Hall–Kier alpha value is -1.46. The third kappa shape index (κ3) is 3.47. The van der Waals surface area contributed by atoms with Gasteiger partial charge in [0.2, 0.25) is 5.91 Å². The van der Waals surface area contributed by atoms with Crippen LogP contribution in [0, 0.1) is 11.3 Å². The van der Waals surface area contributed by atoms with Gasteiger partial charge in [-0.1, -0.05) is 12.8 Å². The molecule has 134 valence electrons. The highest BCUT2D eigenvalue weighted by Crippen LogP contribution is 2.44. The van der Waals surface area contributed by atoms with Crippen LogP contribution < -0.4 is 20.1 Å². The van der Waals surface area contributed by atoms with Crippen LogP contribution in [0.15, 0.2) is 18.2 Å². The van der Waals surface area contributed by atoms with Gasteiger partial charge in [0.05, 0.1) is 19.6 Å². The SMILES string of the molecule is COc1ccc(OC)c(CNC(=O)[C@@]23CCCC[C@H]2CNC3)c1.Cl. The second kappa shape index (κ2) is 8.08. The first kappa shape index (κ1) is 18.9.